The molecular weight excluding hydrogens is 346 g/mol. The van der Waals surface area contributed by atoms with Gasteiger partial charge in [0, 0.05) is 5.56 Å². The molecule has 10 heteroatoms. The SMILES string of the molecule is COc1ccc(-c2nnc(CNS(=O)(=O)c3c(C)n[nH]c3C)o2)cc1. The first-order chi connectivity index (χ1) is 11.9. The summed E-state index contributed by atoms with van der Waals surface area (Å²) in [6.07, 6.45) is 0. The van der Waals surface area contributed by atoms with Gasteiger partial charge in [0.1, 0.15) is 10.6 Å². The summed E-state index contributed by atoms with van der Waals surface area (Å²) in [6, 6.07) is 7.09. The smallest absolute Gasteiger partial charge is 0.247 e. The lowest BCUT2D eigenvalue weighted by molar-refractivity contribution is 0.415. The molecule has 0 aliphatic rings. The predicted octanol–water partition coefficient (Wildman–Crippen LogP) is 1.56. The molecule has 0 fully saturated rings. The molecule has 0 aliphatic carbocycles. The van der Waals surface area contributed by atoms with Crippen LogP contribution in [0, 0.1) is 13.8 Å². The van der Waals surface area contributed by atoms with E-state index in [0.29, 0.717) is 28.6 Å². The summed E-state index contributed by atoms with van der Waals surface area (Å²) in [5.41, 5.74) is 1.58. The molecule has 0 bridgehead atoms. The average Bonchev–Trinajstić information content (AvgIpc) is 3.20. The van der Waals surface area contributed by atoms with Crippen LogP contribution in [0.3, 0.4) is 0 Å². The maximum absolute atomic E-state index is 12.4. The summed E-state index contributed by atoms with van der Waals surface area (Å²) in [7, 11) is -2.15. The van der Waals surface area contributed by atoms with E-state index in [4.69, 9.17) is 9.15 Å². The standard InChI is InChI=1S/C15H17N5O4S/c1-9-14(10(2)18-17-9)25(21,22)16-8-13-19-20-15(24-13)11-4-6-12(23-3)7-5-11/h4-7,16H,8H2,1-3H3,(H,17,18). The Bertz CT molecular complexity index is 956. The molecule has 1 aromatic carbocycles. The number of aromatic nitrogens is 4. The van der Waals surface area contributed by atoms with Crippen molar-refractivity contribution in [3.63, 3.8) is 0 Å². The Hall–Kier alpha value is -2.72. The van der Waals surface area contributed by atoms with Gasteiger partial charge in [0.25, 0.3) is 0 Å². The molecule has 0 radical (unpaired) electrons. The summed E-state index contributed by atoms with van der Waals surface area (Å²) in [5, 5.41) is 14.3. The molecule has 0 saturated carbocycles. The van der Waals surface area contributed by atoms with Crippen LogP contribution < -0.4 is 9.46 Å². The summed E-state index contributed by atoms with van der Waals surface area (Å²) in [5.74, 6) is 1.17. The second-order valence-corrected chi connectivity index (χ2v) is 7.02. The van der Waals surface area contributed by atoms with Crippen LogP contribution in [-0.2, 0) is 16.6 Å². The van der Waals surface area contributed by atoms with Crippen molar-refractivity contribution in [1.29, 1.82) is 0 Å². The van der Waals surface area contributed by atoms with Gasteiger partial charge in [0.2, 0.25) is 21.8 Å². The normalized spacial score (nSPS) is 11.6. The van der Waals surface area contributed by atoms with E-state index in [1.54, 1.807) is 45.2 Å². The fourth-order valence-corrected chi connectivity index (χ4v) is 3.68. The molecule has 3 aromatic rings. The van der Waals surface area contributed by atoms with Crippen molar-refractivity contribution in [2.24, 2.45) is 0 Å². The predicted molar refractivity (Wildman–Crippen MR) is 88.4 cm³/mol. The molecule has 0 saturated heterocycles. The maximum Gasteiger partial charge on any atom is 0.247 e. The van der Waals surface area contributed by atoms with Gasteiger partial charge < -0.3 is 9.15 Å². The number of benzene rings is 1. The Morgan fingerprint density at radius 3 is 2.52 bits per heavy atom. The number of aryl methyl sites for hydroxylation is 2. The third-order valence-electron chi connectivity index (χ3n) is 3.55. The lowest BCUT2D eigenvalue weighted by atomic mass is 10.2. The molecule has 25 heavy (non-hydrogen) atoms. The van der Waals surface area contributed by atoms with Gasteiger partial charge in [-0.1, -0.05) is 0 Å². The Morgan fingerprint density at radius 2 is 1.92 bits per heavy atom. The van der Waals surface area contributed by atoms with Gasteiger partial charge in [-0.05, 0) is 38.1 Å². The first-order valence-corrected chi connectivity index (χ1v) is 8.87. The van der Waals surface area contributed by atoms with Gasteiger partial charge >= 0.3 is 0 Å². The molecule has 0 aliphatic heterocycles. The lowest BCUT2D eigenvalue weighted by Gasteiger charge is -2.04. The van der Waals surface area contributed by atoms with E-state index in [1.165, 1.54) is 0 Å². The maximum atomic E-state index is 12.4. The number of hydrogen-bond donors (Lipinski definition) is 2. The third kappa shape index (κ3) is 3.54. The number of methoxy groups -OCH3 is 1. The van der Waals surface area contributed by atoms with Crippen LogP contribution in [0.2, 0.25) is 0 Å². The Balaban J connectivity index is 1.73. The van der Waals surface area contributed by atoms with E-state index in [1.807, 2.05) is 0 Å². The summed E-state index contributed by atoms with van der Waals surface area (Å²) >= 11 is 0. The monoisotopic (exact) mass is 363 g/mol. The van der Waals surface area contributed by atoms with Crippen LogP contribution in [0.25, 0.3) is 11.5 Å². The number of ether oxygens (including phenoxy) is 1. The Morgan fingerprint density at radius 1 is 1.20 bits per heavy atom. The van der Waals surface area contributed by atoms with E-state index in [-0.39, 0.29) is 17.3 Å². The lowest BCUT2D eigenvalue weighted by Crippen LogP contribution is -2.24. The van der Waals surface area contributed by atoms with Gasteiger partial charge in [0.05, 0.1) is 25.0 Å². The minimum Gasteiger partial charge on any atom is -0.497 e. The second kappa shape index (κ2) is 6.65. The van der Waals surface area contributed by atoms with Crippen molar-refractivity contribution in [3.05, 3.63) is 41.5 Å². The molecule has 9 nitrogen and oxygen atoms in total. The first kappa shape index (κ1) is 17.1. The third-order valence-corrected chi connectivity index (χ3v) is 5.21. The van der Waals surface area contributed by atoms with Crippen LogP contribution in [0.5, 0.6) is 5.75 Å². The molecule has 2 aromatic heterocycles. The van der Waals surface area contributed by atoms with Crippen LogP contribution in [-0.4, -0.2) is 35.9 Å². The Labute approximate surface area is 144 Å². The van der Waals surface area contributed by atoms with Gasteiger partial charge in [-0.3, -0.25) is 5.10 Å². The number of sulfonamides is 1. The average molecular weight is 363 g/mol. The van der Waals surface area contributed by atoms with Crippen molar-refractivity contribution < 1.29 is 17.6 Å². The van der Waals surface area contributed by atoms with E-state index >= 15 is 0 Å². The van der Waals surface area contributed by atoms with Crippen LogP contribution >= 0.6 is 0 Å². The molecule has 0 atom stereocenters. The van der Waals surface area contributed by atoms with Gasteiger partial charge in [-0.2, -0.15) is 5.10 Å². The number of nitrogens with zero attached hydrogens (tertiary/aromatic N) is 3. The van der Waals surface area contributed by atoms with Crippen LogP contribution in [0.4, 0.5) is 0 Å². The topological polar surface area (TPSA) is 123 Å². The molecule has 0 amide bonds. The van der Waals surface area contributed by atoms with Gasteiger partial charge in [0.15, 0.2) is 0 Å². The first-order valence-electron chi connectivity index (χ1n) is 7.39. The number of rotatable bonds is 6. The van der Waals surface area contributed by atoms with Crippen molar-refractivity contribution >= 4 is 10.0 Å². The minimum absolute atomic E-state index is 0.116. The largest absolute Gasteiger partial charge is 0.497 e. The highest BCUT2D eigenvalue weighted by molar-refractivity contribution is 7.89. The number of aromatic amines is 1. The fourth-order valence-electron chi connectivity index (χ4n) is 2.34. The molecule has 2 N–H and O–H groups in total. The second-order valence-electron chi connectivity index (χ2n) is 5.32. The Kier molecular flexibility index (Phi) is 4.55. The van der Waals surface area contributed by atoms with Crippen LogP contribution in [0.15, 0.2) is 33.6 Å². The van der Waals surface area contributed by atoms with Crippen molar-refractivity contribution in [1.82, 2.24) is 25.1 Å². The molecule has 0 spiro atoms. The zero-order valence-corrected chi connectivity index (χ0v) is 14.7. The quantitative estimate of drug-likeness (QED) is 0.681. The van der Waals surface area contributed by atoms with Crippen molar-refractivity contribution in [2.45, 2.75) is 25.3 Å². The summed E-state index contributed by atoms with van der Waals surface area (Å²) < 4.78 is 37.8. The molecule has 132 valence electrons. The zero-order valence-electron chi connectivity index (χ0n) is 13.9. The van der Waals surface area contributed by atoms with Gasteiger partial charge in [-0.25, -0.2) is 13.1 Å². The highest BCUT2D eigenvalue weighted by atomic mass is 32.2. The minimum atomic E-state index is -3.73. The van der Waals surface area contributed by atoms with E-state index in [0.717, 1.165) is 0 Å². The van der Waals surface area contributed by atoms with Crippen molar-refractivity contribution in [3.8, 4) is 17.2 Å². The molecular formula is C15H17N5O4S. The summed E-state index contributed by atoms with van der Waals surface area (Å²) in [6.45, 7) is 3.14. The highest BCUT2D eigenvalue weighted by Crippen LogP contribution is 2.21. The van der Waals surface area contributed by atoms with Crippen molar-refractivity contribution in [2.75, 3.05) is 7.11 Å². The number of H-pyrrole nitrogens is 1. The fraction of sp³-hybridized carbons (Fsp3) is 0.267. The van der Waals surface area contributed by atoms with E-state index in [9.17, 15) is 8.42 Å². The number of hydrogen-bond acceptors (Lipinski definition) is 7. The highest BCUT2D eigenvalue weighted by Gasteiger charge is 2.22. The molecule has 2 heterocycles. The van der Waals surface area contributed by atoms with Crippen LogP contribution in [0.1, 0.15) is 17.3 Å². The molecule has 0 unspecified atom stereocenters. The summed E-state index contributed by atoms with van der Waals surface area (Å²) in [4.78, 5) is 0.127. The van der Waals surface area contributed by atoms with Gasteiger partial charge in [-0.15, -0.1) is 10.2 Å². The zero-order chi connectivity index (χ0) is 18.0. The van der Waals surface area contributed by atoms with E-state index < -0.39 is 10.0 Å². The number of nitrogens with one attached hydrogen (secondary N) is 2. The van der Waals surface area contributed by atoms with E-state index in [2.05, 4.69) is 25.1 Å². The molecule has 3 rings (SSSR count).